The van der Waals surface area contributed by atoms with E-state index in [1.165, 1.54) is 0 Å². The fourth-order valence-electron chi connectivity index (χ4n) is 1.77. The monoisotopic (exact) mass is 276 g/mol. The standard InChI is InChI=1S/C13H16N4OS/c1-8-3-4-10(13(14)19)11(7-8)15-6-5-12-16-9(2)18-17-12/h3-4,7,15H,5-6H2,1-2H3,(H2,14,19). The van der Waals surface area contributed by atoms with Gasteiger partial charge >= 0.3 is 0 Å². The molecular formula is C13H16N4OS. The zero-order valence-electron chi connectivity index (χ0n) is 10.9. The van der Waals surface area contributed by atoms with Crippen LogP contribution in [-0.4, -0.2) is 21.7 Å². The molecule has 0 fully saturated rings. The van der Waals surface area contributed by atoms with Gasteiger partial charge in [-0.2, -0.15) is 4.98 Å². The molecule has 19 heavy (non-hydrogen) atoms. The van der Waals surface area contributed by atoms with E-state index < -0.39 is 0 Å². The Bertz CT molecular complexity index is 594. The zero-order chi connectivity index (χ0) is 13.8. The number of nitrogens with two attached hydrogens (primary N) is 1. The highest BCUT2D eigenvalue weighted by atomic mass is 32.1. The van der Waals surface area contributed by atoms with Gasteiger partial charge in [0.25, 0.3) is 0 Å². The number of aryl methyl sites for hydroxylation is 2. The van der Waals surface area contributed by atoms with Crippen LogP contribution in [0.1, 0.15) is 22.8 Å². The third-order valence-corrected chi connectivity index (χ3v) is 2.89. The molecule has 1 heterocycles. The fourth-order valence-corrected chi connectivity index (χ4v) is 1.95. The van der Waals surface area contributed by atoms with Crippen molar-refractivity contribution in [1.82, 2.24) is 10.1 Å². The van der Waals surface area contributed by atoms with Gasteiger partial charge in [-0.15, -0.1) is 0 Å². The Kier molecular flexibility index (Phi) is 4.11. The van der Waals surface area contributed by atoms with Crippen molar-refractivity contribution in [2.45, 2.75) is 20.3 Å². The molecule has 0 aliphatic carbocycles. The van der Waals surface area contributed by atoms with E-state index in [1.807, 2.05) is 25.1 Å². The highest BCUT2D eigenvalue weighted by Gasteiger charge is 2.06. The minimum atomic E-state index is 0.387. The van der Waals surface area contributed by atoms with E-state index in [0.717, 1.165) is 16.8 Å². The number of nitrogens with one attached hydrogen (secondary N) is 1. The molecule has 5 nitrogen and oxygen atoms in total. The third kappa shape index (κ3) is 3.51. The number of thiocarbonyl (C=S) groups is 1. The predicted molar refractivity (Wildman–Crippen MR) is 78.3 cm³/mol. The smallest absolute Gasteiger partial charge is 0.223 e. The Labute approximate surface area is 117 Å². The molecule has 3 N–H and O–H groups in total. The summed E-state index contributed by atoms with van der Waals surface area (Å²) >= 11 is 5.04. The summed E-state index contributed by atoms with van der Waals surface area (Å²) in [6.45, 7) is 4.49. The zero-order valence-corrected chi connectivity index (χ0v) is 11.8. The number of nitrogens with zero attached hydrogens (tertiary/aromatic N) is 2. The first-order chi connectivity index (χ1) is 9.06. The molecule has 0 spiro atoms. The lowest BCUT2D eigenvalue weighted by molar-refractivity contribution is 0.387. The van der Waals surface area contributed by atoms with Gasteiger partial charge in [0.2, 0.25) is 5.89 Å². The van der Waals surface area contributed by atoms with Gasteiger partial charge in [0.15, 0.2) is 5.82 Å². The highest BCUT2D eigenvalue weighted by Crippen LogP contribution is 2.17. The third-order valence-electron chi connectivity index (χ3n) is 2.67. The molecule has 0 saturated heterocycles. The minimum absolute atomic E-state index is 0.387. The van der Waals surface area contributed by atoms with Crippen molar-refractivity contribution >= 4 is 22.9 Å². The molecule has 0 amide bonds. The maximum absolute atomic E-state index is 5.70. The number of benzene rings is 1. The van der Waals surface area contributed by atoms with E-state index in [-0.39, 0.29) is 0 Å². The van der Waals surface area contributed by atoms with Crippen molar-refractivity contribution in [2.24, 2.45) is 5.73 Å². The normalized spacial score (nSPS) is 10.4. The molecule has 0 radical (unpaired) electrons. The molecule has 0 aliphatic heterocycles. The Hall–Kier alpha value is -1.95. The van der Waals surface area contributed by atoms with Crippen molar-refractivity contribution in [3.05, 3.63) is 41.0 Å². The van der Waals surface area contributed by atoms with E-state index in [1.54, 1.807) is 6.92 Å². The Morgan fingerprint density at radius 2 is 2.21 bits per heavy atom. The summed E-state index contributed by atoms with van der Waals surface area (Å²) in [4.78, 5) is 4.54. The summed E-state index contributed by atoms with van der Waals surface area (Å²) in [7, 11) is 0. The quantitative estimate of drug-likeness (QED) is 0.813. The average Bonchev–Trinajstić information content (AvgIpc) is 2.75. The van der Waals surface area contributed by atoms with Crippen molar-refractivity contribution < 1.29 is 4.52 Å². The van der Waals surface area contributed by atoms with Crippen LogP contribution < -0.4 is 11.1 Å². The molecular weight excluding hydrogens is 260 g/mol. The Morgan fingerprint density at radius 1 is 1.42 bits per heavy atom. The van der Waals surface area contributed by atoms with Crippen LogP contribution in [0.5, 0.6) is 0 Å². The van der Waals surface area contributed by atoms with Crippen LogP contribution in [0.15, 0.2) is 22.7 Å². The van der Waals surface area contributed by atoms with Gasteiger partial charge in [-0.3, -0.25) is 0 Å². The van der Waals surface area contributed by atoms with E-state index in [9.17, 15) is 0 Å². The fraction of sp³-hybridized carbons (Fsp3) is 0.308. The highest BCUT2D eigenvalue weighted by molar-refractivity contribution is 7.80. The molecule has 1 aromatic carbocycles. The molecule has 2 rings (SSSR count). The molecule has 1 aromatic heterocycles. The van der Waals surface area contributed by atoms with Crippen LogP contribution >= 0.6 is 12.2 Å². The first-order valence-corrected chi connectivity index (χ1v) is 6.40. The summed E-state index contributed by atoms with van der Waals surface area (Å²) in [5.41, 5.74) is 8.64. The summed E-state index contributed by atoms with van der Waals surface area (Å²) in [6, 6.07) is 5.94. The van der Waals surface area contributed by atoms with Crippen LogP contribution in [0.2, 0.25) is 0 Å². The minimum Gasteiger partial charge on any atom is -0.389 e. The topological polar surface area (TPSA) is 77.0 Å². The van der Waals surface area contributed by atoms with Gasteiger partial charge in [-0.1, -0.05) is 23.4 Å². The van der Waals surface area contributed by atoms with Crippen LogP contribution in [0.25, 0.3) is 0 Å². The molecule has 100 valence electrons. The van der Waals surface area contributed by atoms with Gasteiger partial charge < -0.3 is 15.6 Å². The van der Waals surface area contributed by atoms with E-state index in [2.05, 4.69) is 15.5 Å². The van der Waals surface area contributed by atoms with Gasteiger partial charge in [0.1, 0.15) is 4.99 Å². The largest absolute Gasteiger partial charge is 0.389 e. The predicted octanol–water partition coefficient (Wildman–Crippen LogP) is 1.98. The van der Waals surface area contributed by atoms with Crippen molar-refractivity contribution in [1.29, 1.82) is 0 Å². The van der Waals surface area contributed by atoms with Crippen LogP contribution in [-0.2, 0) is 6.42 Å². The number of anilines is 1. The first kappa shape index (κ1) is 13.5. The lowest BCUT2D eigenvalue weighted by atomic mass is 10.1. The van der Waals surface area contributed by atoms with E-state index >= 15 is 0 Å². The number of rotatable bonds is 5. The second-order valence-electron chi connectivity index (χ2n) is 4.32. The maximum atomic E-state index is 5.70. The van der Waals surface area contributed by atoms with Crippen LogP contribution in [0.3, 0.4) is 0 Å². The van der Waals surface area contributed by atoms with Crippen LogP contribution in [0.4, 0.5) is 5.69 Å². The van der Waals surface area contributed by atoms with E-state index in [0.29, 0.717) is 29.7 Å². The van der Waals surface area contributed by atoms with Crippen LogP contribution in [0, 0.1) is 13.8 Å². The molecule has 0 bridgehead atoms. The summed E-state index contributed by atoms with van der Waals surface area (Å²) < 4.78 is 4.92. The first-order valence-electron chi connectivity index (χ1n) is 6.00. The second-order valence-corrected chi connectivity index (χ2v) is 4.76. The van der Waals surface area contributed by atoms with Gasteiger partial charge in [0, 0.05) is 31.1 Å². The van der Waals surface area contributed by atoms with Crippen molar-refractivity contribution in [3.8, 4) is 0 Å². The summed E-state index contributed by atoms with van der Waals surface area (Å²) in [5, 5.41) is 7.15. The summed E-state index contributed by atoms with van der Waals surface area (Å²) in [5.74, 6) is 1.27. The molecule has 0 saturated carbocycles. The lowest BCUT2D eigenvalue weighted by Gasteiger charge is -2.11. The SMILES string of the molecule is Cc1ccc(C(N)=S)c(NCCc2noc(C)n2)c1. The van der Waals surface area contributed by atoms with Crippen molar-refractivity contribution in [2.75, 3.05) is 11.9 Å². The second kappa shape index (κ2) is 5.79. The number of hydrogen-bond acceptors (Lipinski definition) is 5. The Balaban J connectivity index is 2.02. The lowest BCUT2D eigenvalue weighted by Crippen LogP contribution is -2.15. The van der Waals surface area contributed by atoms with Gasteiger partial charge in [0.05, 0.1) is 0 Å². The molecule has 6 heteroatoms. The van der Waals surface area contributed by atoms with Crippen molar-refractivity contribution in [3.63, 3.8) is 0 Å². The van der Waals surface area contributed by atoms with E-state index in [4.69, 9.17) is 22.5 Å². The molecule has 0 aliphatic rings. The van der Waals surface area contributed by atoms with Gasteiger partial charge in [-0.25, -0.2) is 0 Å². The average molecular weight is 276 g/mol. The molecule has 0 unspecified atom stereocenters. The summed E-state index contributed by atoms with van der Waals surface area (Å²) in [6.07, 6.45) is 0.683. The maximum Gasteiger partial charge on any atom is 0.223 e. The van der Waals surface area contributed by atoms with Gasteiger partial charge in [-0.05, 0) is 24.6 Å². The molecule has 2 aromatic rings. The Morgan fingerprint density at radius 3 is 2.84 bits per heavy atom. The molecule has 0 atom stereocenters. The number of hydrogen-bond donors (Lipinski definition) is 2. The number of aromatic nitrogens is 2.